The molecule has 25 heavy (non-hydrogen) atoms. The maximum atomic E-state index is 13.8. The van der Waals surface area contributed by atoms with Crippen LogP contribution in [0, 0.1) is 5.82 Å². The summed E-state index contributed by atoms with van der Waals surface area (Å²) in [4.78, 5) is 25.9. The first kappa shape index (κ1) is 20.9. The molecule has 1 rings (SSSR count). The summed E-state index contributed by atoms with van der Waals surface area (Å²) in [5.41, 5.74) is 0.183. The van der Waals surface area contributed by atoms with Crippen LogP contribution in [0.25, 0.3) is 0 Å². The Morgan fingerprint density at radius 1 is 1.20 bits per heavy atom. The number of carbonyl (C=O) groups excluding carboxylic acids is 2. The summed E-state index contributed by atoms with van der Waals surface area (Å²) in [5, 5.41) is 0. The molecule has 0 spiro atoms. The number of ether oxygens (including phenoxy) is 4. The zero-order valence-corrected chi connectivity index (χ0v) is 15.1. The minimum absolute atomic E-state index is 0.0501. The summed E-state index contributed by atoms with van der Waals surface area (Å²) in [6, 6.07) is 2.54. The van der Waals surface area contributed by atoms with E-state index < -0.39 is 30.0 Å². The quantitative estimate of drug-likeness (QED) is 0.496. The van der Waals surface area contributed by atoms with Gasteiger partial charge in [-0.1, -0.05) is 0 Å². The summed E-state index contributed by atoms with van der Waals surface area (Å²) in [6.45, 7) is 2.99. The predicted molar refractivity (Wildman–Crippen MR) is 87.5 cm³/mol. The van der Waals surface area contributed by atoms with Gasteiger partial charge in [0.1, 0.15) is 11.6 Å². The Hall–Kier alpha value is -2.19. The molecule has 0 N–H and O–H groups in total. The van der Waals surface area contributed by atoms with Crippen LogP contribution in [0.15, 0.2) is 18.2 Å². The number of hydrogen-bond acceptors (Lipinski definition) is 6. The molecule has 1 unspecified atom stereocenters. The number of methoxy groups -OCH3 is 3. The van der Waals surface area contributed by atoms with Gasteiger partial charge < -0.3 is 23.8 Å². The fraction of sp³-hybridized carbons (Fsp3) is 0.529. The molecule has 0 fully saturated rings. The molecule has 0 saturated carbocycles. The lowest BCUT2D eigenvalue weighted by molar-refractivity contribution is -0.163. The predicted octanol–water partition coefficient (Wildman–Crippen LogP) is 1.91. The molecule has 1 amide bonds. The van der Waals surface area contributed by atoms with E-state index in [0.29, 0.717) is 0 Å². The van der Waals surface area contributed by atoms with E-state index in [0.717, 1.165) is 6.07 Å². The number of halogens is 1. The van der Waals surface area contributed by atoms with Gasteiger partial charge in [0.05, 0.1) is 20.3 Å². The molecule has 0 aliphatic rings. The first-order valence-electron chi connectivity index (χ1n) is 7.72. The number of hydrogen-bond donors (Lipinski definition) is 0. The number of carbonyl (C=O) groups is 2. The lowest BCUT2D eigenvalue weighted by atomic mass is 10.0. The molecule has 1 atom stereocenters. The molecule has 0 radical (unpaired) electrons. The third kappa shape index (κ3) is 5.40. The zero-order valence-electron chi connectivity index (χ0n) is 15.1. The van der Waals surface area contributed by atoms with Crippen LogP contribution in [0.4, 0.5) is 4.39 Å². The summed E-state index contributed by atoms with van der Waals surface area (Å²) in [7, 11) is 4.22. The first-order chi connectivity index (χ1) is 11.9. The smallest absolute Gasteiger partial charge is 0.333 e. The Labute approximate surface area is 146 Å². The Kier molecular flexibility index (Phi) is 8.30. The van der Waals surface area contributed by atoms with Crippen molar-refractivity contribution in [2.45, 2.75) is 26.2 Å². The van der Waals surface area contributed by atoms with E-state index in [4.69, 9.17) is 18.9 Å². The van der Waals surface area contributed by atoms with Gasteiger partial charge in [0.2, 0.25) is 5.91 Å². The van der Waals surface area contributed by atoms with E-state index in [1.54, 1.807) is 6.92 Å². The van der Waals surface area contributed by atoms with E-state index in [2.05, 4.69) is 0 Å². The second kappa shape index (κ2) is 9.95. The van der Waals surface area contributed by atoms with Crippen molar-refractivity contribution in [2.24, 2.45) is 0 Å². The molecule has 0 aliphatic carbocycles. The lowest BCUT2D eigenvalue weighted by Crippen LogP contribution is -2.44. The largest absolute Gasteiger partial charge is 0.496 e. The van der Waals surface area contributed by atoms with Crippen molar-refractivity contribution in [3.05, 3.63) is 29.6 Å². The van der Waals surface area contributed by atoms with Gasteiger partial charge >= 0.3 is 5.97 Å². The fourth-order valence-electron chi connectivity index (χ4n) is 2.38. The third-order valence-electron chi connectivity index (χ3n) is 3.58. The van der Waals surface area contributed by atoms with Crippen molar-refractivity contribution >= 4 is 11.9 Å². The van der Waals surface area contributed by atoms with Gasteiger partial charge in [-0.25, -0.2) is 9.18 Å². The zero-order chi connectivity index (χ0) is 19.0. The highest BCUT2D eigenvalue weighted by molar-refractivity contribution is 5.85. The Balaban J connectivity index is 3.42. The Bertz CT molecular complexity index is 591. The molecule has 140 valence electrons. The highest BCUT2D eigenvalue weighted by Crippen LogP contribution is 2.32. The average molecular weight is 357 g/mol. The molecule has 1 aromatic carbocycles. The number of amides is 1. The van der Waals surface area contributed by atoms with Gasteiger partial charge in [0.15, 0.2) is 12.3 Å². The second-order valence-corrected chi connectivity index (χ2v) is 5.11. The van der Waals surface area contributed by atoms with Crippen LogP contribution in [0.1, 0.15) is 25.5 Å². The van der Waals surface area contributed by atoms with Gasteiger partial charge in [-0.2, -0.15) is 0 Å². The van der Waals surface area contributed by atoms with Crippen molar-refractivity contribution in [2.75, 3.05) is 34.5 Å². The summed E-state index contributed by atoms with van der Waals surface area (Å²) < 4.78 is 34.3. The van der Waals surface area contributed by atoms with Crippen LogP contribution in [0.5, 0.6) is 5.75 Å². The van der Waals surface area contributed by atoms with Gasteiger partial charge in [0.25, 0.3) is 0 Å². The summed E-state index contributed by atoms with van der Waals surface area (Å²) >= 11 is 0. The van der Waals surface area contributed by atoms with Crippen molar-refractivity contribution in [3.8, 4) is 5.75 Å². The van der Waals surface area contributed by atoms with Gasteiger partial charge in [-0.05, 0) is 25.1 Å². The molecule has 0 aromatic heterocycles. The molecule has 0 saturated heterocycles. The van der Waals surface area contributed by atoms with E-state index >= 15 is 0 Å². The third-order valence-corrected chi connectivity index (χ3v) is 3.58. The van der Waals surface area contributed by atoms with Crippen LogP contribution in [0.2, 0.25) is 0 Å². The fourth-order valence-corrected chi connectivity index (χ4v) is 2.38. The minimum atomic E-state index is -1.20. The van der Waals surface area contributed by atoms with E-state index in [1.165, 1.54) is 45.3 Å². The molecule has 0 aliphatic heterocycles. The van der Waals surface area contributed by atoms with Gasteiger partial charge in [0, 0.05) is 26.7 Å². The van der Waals surface area contributed by atoms with Crippen LogP contribution < -0.4 is 4.74 Å². The topological polar surface area (TPSA) is 74.3 Å². The van der Waals surface area contributed by atoms with Crippen LogP contribution in [0.3, 0.4) is 0 Å². The minimum Gasteiger partial charge on any atom is -0.496 e. The number of rotatable bonds is 9. The number of nitrogens with zero attached hydrogens (tertiary/aromatic N) is 1. The lowest BCUT2D eigenvalue weighted by Gasteiger charge is -2.32. The molecule has 0 bridgehead atoms. The normalized spacial score (nSPS) is 12.0. The van der Waals surface area contributed by atoms with Gasteiger partial charge in [-0.15, -0.1) is 0 Å². The maximum Gasteiger partial charge on any atom is 0.333 e. The van der Waals surface area contributed by atoms with E-state index in [-0.39, 0.29) is 24.5 Å². The highest BCUT2D eigenvalue weighted by atomic mass is 19.1. The molecule has 8 heteroatoms. The second-order valence-electron chi connectivity index (χ2n) is 5.11. The van der Waals surface area contributed by atoms with Crippen LogP contribution >= 0.6 is 0 Å². The van der Waals surface area contributed by atoms with E-state index in [9.17, 15) is 14.0 Å². The standard InChI is InChI=1S/C17H24FNO6/c1-6-25-17(21)16(13-9-12(18)7-8-14(13)22-3)19(11(2)20)10-15(23-4)24-5/h7-9,15-16H,6,10H2,1-5H3. The number of esters is 1. The van der Waals surface area contributed by atoms with Crippen molar-refractivity contribution in [1.82, 2.24) is 4.90 Å². The molecular weight excluding hydrogens is 333 g/mol. The Morgan fingerprint density at radius 2 is 1.84 bits per heavy atom. The highest BCUT2D eigenvalue weighted by Gasteiger charge is 2.35. The summed E-state index contributed by atoms with van der Waals surface area (Å²) in [5.74, 6) is -1.43. The SMILES string of the molecule is CCOC(=O)C(c1cc(F)ccc1OC)N(CC(OC)OC)C(C)=O. The Morgan fingerprint density at radius 3 is 2.32 bits per heavy atom. The van der Waals surface area contributed by atoms with E-state index in [1.807, 2.05) is 0 Å². The van der Waals surface area contributed by atoms with Crippen LogP contribution in [-0.4, -0.2) is 57.5 Å². The molecule has 0 heterocycles. The van der Waals surface area contributed by atoms with Crippen LogP contribution in [-0.2, 0) is 23.8 Å². The molecule has 1 aromatic rings. The van der Waals surface area contributed by atoms with Crippen molar-refractivity contribution in [3.63, 3.8) is 0 Å². The maximum absolute atomic E-state index is 13.8. The molecular formula is C17H24FNO6. The average Bonchev–Trinajstić information content (AvgIpc) is 2.58. The number of benzene rings is 1. The van der Waals surface area contributed by atoms with Crippen molar-refractivity contribution in [1.29, 1.82) is 0 Å². The van der Waals surface area contributed by atoms with Gasteiger partial charge in [-0.3, -0.25) is 4.79 Å². The monoisotopic (exact) mass is 357 g/mol. The molecule has 7 nitrogen and oxygen atoms in total. The van der Waals surface area contributed by atoms with Crippen molar-refractivity contribution < 1.29 is 32.9 Å². The summed E-state index contributed by atoms with van der Waals surface area (Å²) in [6.07, 6.45) is -0.764. The first-order valence-corrected chi connectivity index (χ1v) is 7.72.